The summed E-state index contributed by atoms with van der Waals surface area (Å²) in [6, 6.07) is 15.3. The Morgan fingerprint density at radius 1 is 0.783 bits per heavy atom. The molecule has 0 heterocycles. The minimum absolute atomic E-state index is 1.05. The average Bonchev–Trinajstić information content (AvgIpc) is 3.10. The van der Waals surface area contributed by atoms with Gasteiger partial charge in [0.05, 0.1) is 0 Å². The van der Waals surface area contributed by atoms with E-state index < -0.39 is 0 Å². The largest absolute Gasteiger partial charge is 0.125 e. The fourth-order valence-corrected chi connectivity index (χ4v) is 4.01. The van der Waals surface area contributed by atoms with Crippen molar-refractivity contribution < 1.29 is 0 Å². The van der Waals surface area contributed by atoms with E-state index in [1.165, 1.54) is 57.4 Å². The molecule has 0 fully saturated rings. The van der Waals surface area contributed by atoms with Crippen molar-refractivity contribution in [3.05, 3.63) is 164 Å². The Balaban J connectivity index is -0.000000194. The van der Waals surface area contributed by atoms with E-state index in [-0.39, 0.29) is 0 Å². The van der Waals surface area contributed by atoms with E-state index in [4.69, 9.17) is 0 Å². The molecule has 0 unspecified atom stereocenters. The SMILES string of the molecule is C=C.C=C.C=C.C=C(C)CCCCc1cccc(C(=C)C)c1.C=C=C(C)/C(=C\C(=C/CC)CC)c1cc(C)ccc1C.CC.CC. The second-order valence-corrected chi connectivity index (χ2v) is 9.86. The molecule has 0 aliphatic heterocycles. The lowest BCUT2D eigenvalue weighted by molar-refractivity contribution is 0.731. The minimum Gasteiger partial charge on any atom is -0.125 e. The molecule has 46 heavy (non-hydrogen) atoms. The van der Waals surface area contributed by atoms with Gasteiger partial charge in [0.25, 0.3) is 0 Å². The van der Waals surface area contributed by atoms with Crippen molar-refractivity contribution >= 4 is 11.1 Å². The number of hydrogen-bond acceptors (Lipinski definition) is 0. The Labute approximate surface area is 289 Å². The summed E-state index contributed by atoms with van der Waals surface area (Å²) in [6.45, 7) is 52.6. The predicted octanol–water partition coefficient (Wildman–Crippen LogP) is 15.6. The van der Waals surface area contributed by atoms with Crippen molar-refractivity contribution in [2.75, 3.05) is 0 Å². The number of unbranched alkanes of at least 4 members (excludes halogenated alkanes) is 1. The monoisotopic (exact) mass is 625 g/mol. The molecule has 0 saturated carbocycles. The highest BCUT2D eigenvalue weighted by molar-refractivity contribution is 5.81. The molecule has 256 valence electrons. The quantitative estimate of drug-likeness (QED) is 0.101. The lowest BCUT2D eigenvalue weighted by Crippen LogP contribution is -1.93. The zero-order chi connectivity index (χ0) is 37.1. The Morgan fingerprint density at radius 2 is 1.35 bits per heavy atom. The van der Waals surface area contributed by atoms with Gasteiger partial charge in [0.15, 0.2) is 0 Å². The van der Waals surface area contributed by atoms with Crippen molar-refractivity contribution in [2.45, 2.75) is 115 Å². The van der Waals surface area contributed by atoms with Crippen LogP contribution in [0.3, 0.4) is 0 Å². The predicted molar refractivity (Wildman–Crippen MR) is 221 cm³/mol. The fourth-order valence-electron chi connectivity index (χ4n) is 4.01. The van der Waals surface area contributed by atoms with Gasteiger partial charge in [-0.15, -0.1) is 51.8 Å². The Hall–Kier alpha value is -3.86. The third kappa shape index (κ3) is 25.5. The lowest BCUT2D eigenvalue weighted by Gasteiger charge is -2.13. The van der Waals surface area contributed by atoms with Crippen LogP contribution >= 0.6 is 0 Å². The van der Waals surface area contributed by atoms with Gasteiger partial charge in [-0.25, -0.2) is 0 Å². The van der Waals surface area contributed by atoms with Gasteiger partial charge >= 0.3 is 0 Å². The van der Waals surface area contributed by atoms with Gasteiger partial charge in [-0.3, -0.25) is 0 Å². The number of rotatable bonds is 11. The van der Waals surface area contributed by atoms with Gasteiger partial charge in [-0.05, 0) is 107 Å². The van der Waals surface area contributed by atoms with Crippen molar-refractivity contribution in [2.24, 2.45) is 0 Å². The van der Waals surface area contributed by atoms with Gasteiger partial charge < -0.3 is 0 Å². The topological polar surface area (TPSA) is 0 Å². The molecule has 2 aromatic rings. The first kappa shape index (κ1) is 51.7. The van der Waals surface area contributed by atoms with Crippen LogP contribution in [0.15, 0.2) is 136 Å². The number of benzene rings is 2. The van der Waals surface area contributed by atoms with Crippen LogP contribution in [0.25, 0.3) is 11.1 Å². The molecule has 0 aliphatic rings. The first-order chi connectivity index (χ1) is 22.1. The summed E-state index contributed by atoms with van der Waals surface area (Å²) in [6.07, 6.45) is 11.5. The summed E-state index contributed by atoms with van der Waals surface area (Å²) < 4.78 is 0. The molecule has 0 bridgehead atoms. The maximum absolute atomic E-state index is 3.97. The van der Waals surface area contributed by atoms with Crippen LogP contribution < -0.4 is 0 Å². The summed E-state index contributed by atoms with van der Waals surface area (Å²) in [7, 11) is 0. The molecule has 0 saturated heterocycles. The molecular formula is C46H72. The minimum atomic E-state index is 1.05. The Kier molecular flexibility index (Phi) is 42.0. The van der Waals surface area contributed by atoms with E-state index in [9.17, 15) is 0 Å². The lowest BCUT2D eigenvalue weighted by atomic mass is 9.92. The maximum Gasteiger partial charge on any atom is -0.00190 e. The van der Waals surface area contributed by atoms with Gasteiger partial charge in [0.1, 0.15) is 0 Å². The van der Waals surface area contributed by atoms with Gasteiger partial charge in [-0.1, -0.05) is 132 Å². The van der Waals surface area contributed by atoms with Gasteiger partial charge in [0, 0.05) is 0 Å². The average molecular weight is 625 g/mol. The molecule has 0 nitrogen and oxygen atoms in total. The summed E-state index contributed by atoms with van der Waals surface area (Å²) in [5.74, 6) is 0. The number of hydrogen-bond donors (Lipinski definition) is 0. The molecule has 0 atom stereocenters. The third-order valence-electron chi connectivity index (χ3n) is 6.30. The summed E-state index contributed by atoms with van der Waals surface area (Å²) >= 11 is 0. The van der Waals surface area contributed by atoms with Crippen LogP contribution in [0.1, 0.15) is 122 Å². The second-order valence-electron chi connectivity index (χ2n) is 9.86. The molecule has 0 aromatic heterocycles. The van der Waals surface area contributed by atoms with Gasteiger partial charge in [0.2, 0.25) is 0 Å². The molecule has 0 N–H and O–H groups in total. The van der Waals surface area contributed by atoms with E-state index in [2.05, 4.69) is 168 Å². The maximum atomic E-state index is 3.97. The van der Waals surface area contributed by atoms with E-state index in [0.717, 1.165) is 36.8 Å². The highest BCUT2D eigenvalue weighted by Crippen LogP contribution is 2.28. The second kappa shape index (κ2) is 37.3. The summed E-state index contributed by atoms with van der Waals surface area (Å²) in [5.41, 5.74) is 15.7. The smallest absolute Gasteiger partial charge is 0.00190 e. The zero-order valence-electron chi connectivity index (χ0n) is 32.3. The van der Waals surface area contributed by atoms with Crippen LogP contribution in [0, 0.1) is 13.8 Å². The standard InChI is InChI=1S/C20H26.C16H22.2C2H6.3C2H4/c1-7-10-18(9-3)14-20(16(5)8-2)19-13-15(4)11-12-17(19)6;1-13(2)8-5-6-9-15-10-7-11-16(12-15)14(3)4;5*1-2/h10-14H,2,7,9H2,1,3-6H3;7,10-12H,1,3,5-6,8-9H2,2,4H3;2*1-2H3;3*1-2H2/b18-10-,20-14+;;;;;;. The van der Waals surface area contributed by atoms with Crippen molar-refractivity contribution in [3.8, 4) is 0 Å². The normalized spacial score (nSPS) is 9.37. The molecular weight excluding hydrogens is 553 g/mol. The van der Waals surface area contributed by atoms with Crippen molar-refractivity contribution in [3.63, 3.8) is 0 Å². The summed E-state index contributed by atoms with van der Waals surface area (Å²) in [5, 5.41) is 0. The highest BCUT2D eigenvalue weighted by atomic mass is 14.1. The Bertz CT molecular complexity index is 1170. The first-order valence-corrected chi connectivity index (χ1v) is 16.9. The van der Waals surface area contributed by atoms with Crippen LogP contribution in [-0.2, 0) is 6.42 Å². The van der Waals surface area contributed by atoms with E-state index >= 15 is 0 Å². The molecule has 2 rings (SSSR count). The van der Waals surface area contributed by atoms with E-state index in [0.29, 0.717) is 0 Å². The van der Waals surface area contributed by atoms with Crippen LogP contribution in [0.4, 0.5) is 0 Å². The van der Waals surface area contributed by atoms with Crippen LogP contribution in [-0.4, -0.2) is 0 Å². The number of allylic oxidation sites excluding steroid dienone is 7. The fraction of sp³-hybridized carbons (Fsp3) is 0.370. The number of aryl methyl sites for hydroxylation is 3. The van der Waals surface area contributed by atoms with Crippen molar-refractivity contribution in [1.29, 1.82) is 0 Å². The Morgan fingerprint density at radius 3 is 1.80 bits per heavy atom. The molecule has 0 aliphatic carbocycles. The van der Waals surface area contributed by atoms with Crippen LogP contribution in [0.5, 0.6) is 0 Å². The zero-order valence-corrected chi connectivity index (χ0v) is 32.3. The molecule has 0 heteroatoms. The third-order valence-corrected chi connectivity index (χ3v) is 6.30. The first-order valence-electron chi connectivity index (χ1n) is 16.9. The molecule has 0 radical (unpaired) electrons. The van der Waals surface area contributed by atoms with Crippen molar-refractivity contribution in [1.82, 2.24) is 0 Å². The highest BCUT2D eigenvalue weighted by Gasteiger charge is 2.08. The van der Waals surface area contributed by atoms with Crippen LogP contribution in [0.2, 0.25) is 0 Å². The molecule has 0 spiro atoms. The summed E-state index contributed by atoms with van der Waals surface area (Å²) in [4.78, 5) is 0. The van der Waals surface area contributed by atoms with E-state index in [1.807, 2.05) is 27.7 Å². The van der Waals surface area contributed by atoms with Gasteiger partial charge in [-0.2, -0.15) is 0 Å². The van der Waals surface area contributed by atoms with E-state index in [1.54, 1.807) is 0 Å². The molecule has 2 aromatic carbocycles. The molecule has 0 amide bonds.